The molecule has 0 aliphatic carbocycles. The van der Waals surface area contributed by atoms with Crippen LogP contribution in [0.2, 0.25) is 0 Å². The molecule has 0 radical (unpaired) electrons. The van der Waals surface area contributed by atoms with Crippen LogP contribution in [-0.4, -0.2) is 25.2 Å². The van der Waals surface area contributed by atoms with E-state index in [0.717, 1.165) is 16.9 Å². The number of carbonyl (C=O) groups is 2. The minimum absolute atomic E-state index is 0.152. The quantitative estimate of drug-likeness (QED) is 0.620. The van der Waals surface area contributed by atoms with Gasteiger partial charge in [0, 0.05) is 10.4 Å². The van der Waals surface area contributed by atoms with Crippen molar-refractivity contribution < 1.29 is 23.8 Å². The van der Waals surface area contributed by atoms with Gasteiger partial charge in [-0.1, -0.05) is 6.92 Å². The molecule has 0 bridgehead atoms. The van der Waals surface area contributed by atoms with E-state index in [2.05, 4.69) is 0 Å². The molecule has 3 rings (SSSR count). The van der Waals surface area contributed by atoms with Gasteiger partial charge in [0.1, 0.15) is 4.88 Å². The van der Waals surface area contributed by atoms with Crippen LogP contribution in [-0.2, 0) is 11.2 Å². The lowest BCUT2D eigenvalue weighted by molar-refractivity contribution is 0.0479. The van der Waals surface area contributed by atoms with Crippen molar-refractivity contribution in [2.75, 3.05) is 13.4 Å². The van der Waals surface area contributed by atoms with E-state index in [-0.39, 0.29) is 19.2 Å². The number of Topliss-reactive ketones (excluding diaryl/α,β-unsaturated/α-hetero) is 1. The lowest BCUT2D eigenvalue weighted by atomic mass is 10.1. The number of esters is 1. The van der Waals surface area contributed by atoms with E-state index >= 15 is 0 Å². The molecule has 23 heavy (non-hydrogen) atoms. The van der Waals surface area contributed by atoms with Gasteiger partial charge in [-0.15, -0.1) is 11.3 Å². The van der Waals surface area contributed by atoms with E-state index in [1.165, 1.54) is 11.3 Å². The van der Waals surface area contributed by atoms with Crippen LogP contribution in [0.25, 0.3) is 0 Å². The summed E-state index contributed by atoms with van der Waals surface area (Å²) in [5.41, 5.74) is 1.50. The van der Waals surface area contributed by atoms with Gasteiger partial charge < -0.3 is 14.2 Å². The highest BCUT2D eigenvalue weighted by atomic mass is 32.1. The van der Waals surface area contributed by atoms with Gasteiger partial charge in [0.15, 0.2) is 23.9 Å². The summed E-state index contributed by atoms with van der Waals surface area (Å²) in [6.45, 7) is 3.86. The van der Waals surface area contributed by atoms with Gasteiger partial charge in [0.05, 0.1) is 0 Å². The molecular weight excluding hydrogens is 316 g/mol. The predicted octanol–water partition coefficient (Wildman–Crippen LogP) is 3.39. The fraction of sp³-hybridized carbons (Fsp3) is 0.294. The van der Waals surface area contributed by atoms with Gasteiger partial charge in [-0.3, -0.25) is 4.79 Å². The number of thiophene rings is 1. The van der Waals surface area contributed by atoms with Crippen molar-refractivity contribution in [2.45, 2.75) is 20.3 Å². The molecule has 0 amide bonds. The number of rotatable bonds is 5. The highest BCUT2D eigenvalue weighted by Gasteiger charge is 2.18. The average molecular weight is 332 g/mol. The van der Waals surface area contributed by atoms with Crippen molar-refractivity contribution in [1.82, 2.24) is 0 Å². The first-order valence-electron chi connectivity index (χ1n) is 7.27. The topological polar surface area (TPSA) is 61.8 Å². The Morgan fingerprint density at radius 3 is 2.74 bits per heavy atom. The molecule has 2 aromatic rings. The molecule has 0 unspecified atom stereocenters. The van der Waals surface area contributed by atoms with Crippen LogP contribution in [0.4, 0.5) is 0 Å². The van der Waals surface area contributed by atoms with Gasteiger partial charge in [-0.05, 0) is 43.2 Å². The SMILES string of the molecule is CCc1sc(C(=O)OCC(=O)c2ccc3c(c2)OCO3)cc1C. The molecule has 0 saturated heterocycles. The van der Waals surface area contributed by atoms with Crippen LogP contribution in [0.3, 0.4) is 0 Å². The smallest absolute Gasteiger partial charge is 0.348 e. The summed E-state index contributed by atoms with van der Waals surface area (Å²) in [4.78, 5) is 25.9. The first kappa shape index (κ1) is 15.6. The molecule has 0 atom stereocenters. The number of ether oxygens (including phenoxy) is 3. The fourth-order valence-electron chi connectivity index (χ4n) is 2.33. The second-order valence-corrected chi connectivity index (χ2v) is 6.27. The standard InChI is InChI=1S/C17H16O5S/c1-3-15-10(2)6-16(23-15)17(19)20-8-12(18)11-4-5-13-14(7-11)22-9-21-13/h4-7H,3,8-9H2,1-2H3. The van der Waals surface area contributed by atoms with Crippen LogP contribution in [0.1, 0.15) is 37.4 Å². The molecule has 0 spiro atoms. The molecule has 0 N–H and O–H groups in total. The second kappa shape index (κ2) is 6.42. The minimum atomic E-state index is -0.466. The number of aryl methyl sites for hydroxylation is 2. The predicted molar refractivity (Wildman–Crippen MR) is 85.6 cm³/mol. The van der Waals surface area contributed by atoms with E-state index in [4.69, 9.17) is 14.2 Å². The Morgan fingerprint density at radius 1 is 1.22 bits per heavy atom. The van der Waals surface area contributed by atoms with Crippen LogP contribution in [0.15, 0.2) is 24.3 Å². The van der Waals surface area contributed by atoms with Crippen molar-refractivity contribution in [3.63, 3.8) is 0 Å². The van der Waals surface area contributed by atoms with E-state index in [0.29, 0.717) is 21.9 Å². The highest BCUT2D eigenvalue weighted by Crippen LogP contribution is 2.32. The Kier molecular flexibility index (Phi) is 4.34. The van der Waals surface area contributed by atoms with Gasteiger partial charge in [0.2, 0.25) is 6.79 Å². The molecule has 1 aromatic carbocycles. The average Bonchev–Trinajstić information content (AvgIpc) is 3.17. The first-order chi connectivity index (χ1) is 11.1. The van der Waals surface area contributed by atoms with E-state index in [1.54, 1.807) is 24.3 Å². The number of hydrogen-bond donors (Lipinski definition) is 0. The molecule has 0 saturated carbocycles. The Morgan fingerprint density at radius 2 is 2.00 bits per heavy atom. The summed E-state index contributed by atoms with van der Waals surface area (Å²) in [7, 11) is 0. The van der Waals surface area contributed by atoms with E-state index < -0.39 is 5.97 Å². The third kappa shape index (κ3) is 3.22. The largest absolute Gasteiger partial charge is 0.454 e. The molecule has 1 aliphatic rings. The van der Waals surface area contributed by atoms with E-state index in [9.17, 15) is 9.59 Å². The zero-order valence-electron chi connectivity index (χ0n) is 12.9. The third-order valence-corrected chi connectivity index (χ3v) is 4.93. The summed E-state index contributed by atoms with van der Waals surface area (Å²) in [6, 6.07) is 6.71. The zero-order valence-corrected chi connectivity index (χ0v) is 13.7. The number of hydrogen-bond acceptors (Lipinski definition) is 6. The zero-order chi connectivity index (χ0) is 16.4. The van der Waals surface area contributed by atoms with E-state index in [1.807, 2.05) is 13.8 Å². The number of carbonyl (C=O) groups excluding carboxylic acids is 2. The summed E-state index contributed by atoms with van der Waals surface area (Å²) in [5.74, 6) is 0.399. The van der Waals surface area contributed by atoms with Gasteiger partial charge in [-0.2, -0.15) is 0 Å². The number of benzene rings is 1. The monoisotopic (exact) mass is 332 g/mol. The van der Waals surface area contributed by atoms with Crippen molar-refractivity contribution in [2.24, 2.45) is 0 Å². The number of fused-ring (bicyclic) bond motifs is 1. The number of ketones is 1. The molecule has 6 heteroatoms. The molecule has 1 aliphatic heterocycles. The van der Waals surface area contributed by atoms with Gasteiger partial charge >= 0.3 is 5.97 Å². The summed E-state index contributed by atoms with van der Waals surface area (Å²) in [5, 5.41) is 0. The van der Waals surface area contributed by atoms with Crippen LogP contribution < -0.4 is 9.47 Å². The Bertz CT molecular complexity index is 762. The maximum atomic E-state index is 12.1. The lowest BCUT2D eigenvalue weighted by Crippen LogP contribution is -2.13. The van der Waals surface area contributed by atoms with Gasteiger partial charge in [-0.25, -0.2) is 4.79 Å². The fourth-order valence-corrected chi connectivity index (χ4v) is 3.33. The summed E-state index contributed by atoms with van der Waals surface area (Å²) >= 11 is 1.41. The Labute approximate surface area is 137 Å². The molecule has 5 nitrogen and oxygen atoms in total. The van der Waals surface area contributed by atoms with Gasteiger partial charge in [0.25, 0.3) is 0 Å². The van der Waals surface area contributed by atoms with Crippen molar-refractivity contribution >= 4 is 23.1 Å². The normalized spacial score (nSPS) is 12.3. The van der Waals surface area contributed by atoms with Crippen molar-refractivity contribution in [3.05, 3.63) is 45.1 Å². The first-order valence-corrected chi connectivity index (χ1v) is 8.09. The summed E-state index contributed by atoms with van der Waals surface area (Å²) < 4.78 is 15.6. The molecule has 2 heterocycles. The summed E-state index contributed by atoms with van der Waals surface area (Å²) in [6.07, 6.45) is 0.875. The highest BCUT2D eigenvalue weighted by molar-refractivity contribution is 7.14. The maximum Gasteiger partial charge on any atom is 0.348 e. The Balaban J connectivity index is 1.63. The van der Waals surface area contributed by atoms with Crippen LogP contribution in [0.5, 0.6) is 11.5 Å². The van der Waals surface area contributed by atoms with Crippen LogP contribution in [0, 0.1) is 6.92 Å². The molecule has 0 fully saturated rings. The Hall–Kier alpha value is -2.34. The molecule has 120 valence electrons. The van der Waals surface area contributed by atoms with Crippen molar-refractivity contribution in [3.8, 4) is 11.5 Å². The maximum absolute atomic E-state index is 12.1. The molecular formula is C17H16O5S. The minimum Gasteiger partial charge on any atom is -0.454 e. The lowest BCUT2D eigenvalue weighted by Gasteiger charge is -2.04. The van der Waals surface area contributed by atoms with Crippen molar-refractivity contribution in [1.29, 1.82) is 0 Å². The third-order valence-electron chi connectivity index (χ3n) is 3.57. The van der Waals surface area contributed by atoms with Crippen LogP contribution >= 0.6 is 11.3 Å². The molecule has 1 aromatic heterocycles. The second-order valence-electron chi connectivity index (χ2n) is 5.14.